The highest BCUT2D eigenvalue weighted by Crippen LogP contribution is 2.33. The van der Waals surface area contributed by atoms with E-state index in [4.69, 9.17) is 4.74 Å². The van der Waals surface area contributed by atoms with Gasteiger partial charge in [-0.05, 0) is 106 Å². The lowest BCUT2D eigenvalue weighted by atomic mass is 9.85. The minimum atomic E-state index is -3.65. The third-order valence-electron chi connectivity index (χ3n) is 7.92. The van der Waals surface area contributed by atoms with Gasteiger partial charge in [0.15, 0.2) is 0 Å². The Kier molecular flexibility index (Phi) is 7.91. The first-order valence-corrected chi connectivity index (χ1v) is 15.2. The normalized spacial score (nSPS) is 15.6. The highest BCUT2D eigenvalue weighted by molar-refractivity contribution is 7.90. The van der Waals surface area contributed by atoms with E-state index in [0.29, 0.717) is 10.9 Å². The number of para-hydroxylation sites is 1. The standard InChI is InChI=1S/C32H38N2O3S/c1-4-20-33(21-7-9-26-8-5-6-10-32(26)37-3)27-15-13-25-14-18-31-29(30(25)23-27)19-22-34(31)38(35,36)28-16-11-24(2)12-17-28/h5-6,8,10-12,14,16-19,22,27H,4,7,9,13,15,20-21,23H2,1-3H3. The fourth-order valence-electron chi connectivity index (χ4n) is 5.92. The number of hydrogen-bond acceptors (Lipinski definition) is 4. The molecule has 0 saturated heterocycles. The van der Waals surface area contributed by atoms with Crippen molar-refractivity contribution in [2.24, 2.45) is 0 Å². The van der Waals surface area contributed by atoms with Crippen LogP contribution in [-0.4, -0.2) is 43.5 Å². The molecule has 0 radical (unpaired) electrons. The molecular weight excluding hydrogens is 492 g/mol. The van der Waals surface area contributed by atoms with Gasteiger partial charge >= 0.3 is 0 Å². The van der Waals surface area contributed by atoms with Crippen molar-refractivity contribution in [3.05, 3.63) is 95.2 Å². The Balaban J connectivity index is 1.37. The number of fused-ring (bicyclic) bond motifs is 3. The summed E-state index contributed by atoms with van der Waals surface area (Å²) in [5.41, 5.74) is 5.73. The Morgan fingerprint density at radius 1 is 1.00 bits per heavy atom. The number of nitrogens with zero attached hydrogens (tertiary/aromatic N) is 2. The van der Waals surface area contributed by atoms with Crippen LogP contribution in [0, 0.1) is 6.92 Å². The predicted octanol–water partition coefficient (Wildman–Crippen LogP) is 6.40. The molecule has 5 nitrogen and oxygen atoms in total. The largest absolute Gasteiger partial charge is 0.496 e. The molecule has 1 unspecified atom stereocenters. The van der Waals surface area contributed by atoms with E-state index in [1.807, 2.05) is 43.3 Å². The molecule has 0 amide bonds. The molecule has 1 atom stereocenters. The molecule has 1 aliphatic rings. The van der Waals surface area contributed by atoms with Crippen molar-refractivity contribution in [1.29, 1.82) is 0 Å². The summed E-state index contributed by atoms with van der Waals surface area (Å²) < 4.78 is 33.9. The molecule has 4 aromatic rings. The van der Waals surface area contributed by atoms with E-state index in [9.17, 15) is 8.42 Å². The maximum Gasteiger partial charge on any atom is 0.268 e. The summed E-state index contributed by atoms with van der Waals surface area (Å²) in [6.45, 7) is 6.33. The van der Waals surface area contributed by atoms with Crippen molar-refractivity contribution in [2.75, 3.05) is 20.2 Å². The monoisotopic (exact) mass is 530 g/mol. The Labute approximate surface area is 227 Å². The first kappa shape index (κ1) is 26.5. The molecule has 0 bridgehead atoms. The fourth-order valence-corrected chi connectivity index (χ4v) is 7.27. The van der Waals surface area contributed by atoms with Crippen molar-refractivity contribution in [3.8, 4) is 5.75 Å². The summed E-state index contributed by atoms with van der Waals surface area (Å²) in [5.74, 6) is 0.966. The molecule has 6 heteroatoms. The van der Waals surface area contributed by atoms with Crippen LogP contribution in [0.3, 0.4) is 0 Å². The molecule has 0 N–H and O–H groups in total. The van der Waals surface area contributed by atoms with Crippen LogP contribution in [0.5, 0.6) is 5.75 Å². The van der Waals surface area contributed by atoms with E-state index in [1.165, 1.54) is 20.7 Å². The molecule has 1 heterocycles. The molecule has 200 valence electrons. The number of aryl methyl sites for hydroxylation is 3. The van der Waals surface area contributed by atoms with Crippen LogP contribution in [0.2, 0.25) is 0 Å². The lowest BCUT2D eigenvalue weighted by molar-refractivity contribution is 0.178. The number of rotatable bonds is 10. The second kappa shape index (κ2) is 11.3. The molecule has 0 fully saturated rings. The van der Waals surface area contributed by atoms with E-state index in [0.717, 1.165) is 73.8 Å². The van der Waals surface area contributed by atoms with Gasteiger partial charge in [0.25, 0.3) is 10.0 Å². The summed E-state index contributed by atoms with van der Waals surface area (Å²) in [6.07, 6.45) is 8.04. The Hall–Kier alpha value is -3.09. The van der Waals surface area contributed by atoms with Crippen molar-refractivity contribution in [1.82, 2.24) is 8.87 Å². The van der Waals surface area contributed by atoms with Crippen LogP contribution in [0.1, 0.15) is 48.4 Å². The molecule has 1 aliphatic carbocycles. The summed E-state index contributed by atoms with van der Waals surface area (Å²) in [6, 6.07) is 22.0. The van der Waals surface area contributed by atoms with Crippen molar-refractivity contribution in [2.45, 2.75) is 63.3 Å². The summed E-state index contributed by atoms with van der Waals surface area (Å²) >= 11 is 0. The van der Waals surface area contributed by atoms with Gasteiger partial charge in [-0.3, -0.25) is 0 Å². The van der Waals surface area contributed by atoms with Gasteiger partial charge in [0.05, 0.1) is 17.5 Å². The van der Waals surface area contributed by atoms with Gasteiger partial charge in [0.1, 0.15) is 5.75 Å². The van der Waals surface area contributed by atoms with Gasteiger partial charge < -0.3 is 9.64 Å². The number of methoxy groups -OCH3 is 1. The maximum atomic E-state index is 13.5. The third kappa shape index (κ3) is 5.25. The van der Waals surface area contributed by atoms with Crippen LogP contribution in [0.15, 0.2) is 77.8 Å². The van der Waals surface area contributed by atoms with Gasteiger partial charge in [0.2, 0.25) is 0 Å². The fraction of sp³-hybridized carbons (Fsp3) is 0.375. The van der Waals surface area contributed by atoms with Gasteiger partial charge in [-0.25, -0.2) is 12.4 Å². The average Bonchev–Trinajstić information content (AvgIpc) is 3.38. The quantitative estimate of drug-likeness (QED) is 0.238. The summed E-state index contributed by atoms with van der Waals surface area (Å²) in [7, 11) is -1.91. The maximum absolute atomic E-state index is 13.5. The zero-order valence-electron chi connectivity index (χ0n) is 22.7. The number of hydrogen-bond donors (Lipinski definition) is 0. The molecule has 0 spiro atoms. The Morgan fingerprint density at radius 3 is 2.55 bits per heavy atom. The van der Waals surface area contributed by atoms with Crippen LogP contribution in [0.25, 0.3) is 10.9 Å². The minimum absolute atomic E-state index is 0.320. The highest BCUT2D eigenvalue weighted by Gasteiger charge is 2.27. The van der Waals surface area contributed by atoms with Crippen LogP contribution in [-0.2, 0) is 29.3 Å². The zero-order chi connectivity index (χ0) is 26.7. The number of ether oxygens (including phenoxy) is 1. The molecule has 38 heavy (non-hydrogen) atoms. The lowest BCUT2D eigenvalue weighted by Gasteiger charge is -2.35. The van der Waals surface area contributed by atoms with Gasteiger partial charge in [-0.2, -0.15) is 0 Å². The van der Waals surface area contributed by atoms with Gasteiger partial charge in [-0.1, -0.05) is 48.9 Å². The number of benzene rings is 3. The zero-order valence-corrected chi connectivity index (χ0v) is 23.5. The first-order chi connectivity index (χ1) is 18.4. The van der Waals surface area contributed by atoms with Crippen molar-refractivity contribution in [3.63, 3.8) is 0 Å². The SMILES string of the molecule is CCCN(CCCc1ccccc1OC)C1CCc2ccc3c(ccn3S(=O)(=O)c3ccc(C)cc3)c2C1. The Bertz CT molecular complexity index is 1510. The molecule has 3 aromatic carbocycles. The molecule has 5 rings (SSSR count). The molecule has 0 aliphatic heterocycles. The van der Waals surface area contributed by atoms with E-state index in [-0.39, 0.29) is 0 Å². The smallest absolute Gasteiger partial charge is 0.268 e. The van der Waals surface area contributed by atoms with Crippen LogP contribution < -0.4 is 4.74 Å². The second-order valence-electron chi connectivity index (χ2n) is 10.4. The van der Waals surface area contributed by atoms with E-state index >= 15 is 0 Å². The van der Waals surface area contributed by atoms with Crippen LogP contribution in [0.4, 0.5) is 0 Å². The molecule has 0 saturated carbocycles. The first-order valence-electron chi connectivity index (χ1n) is 13.7. The summed E-state index contributed by atoms with van der Waals surface area (Å²) in [4.78, 5) is 2.97. The van der Waals surface area contributed by atoms with Crippen molar-refractivity contribution >= 4 is 20.9 Å². The number of aromatic nitrogens is 1. The predicted molar refractivity (Wildman–Crippen MR) is 155 cm³/mol. The van der Waals surface area contributed by atoms with E-state index in [1.54, 1.807) is 25.4 Å². The highest BCUT2D eigenvalue weighted by atomic mass is 32.2. The topological polar surface area (TPSA) is 51.5 Å². The lowest BCUT2D eigenvalue weighted by Crippen LogP contribution is -2.40. The van der Waals surface area contributed by atoms with Gasteiger partial charge in [-0.15, -0.1) is 0 Å². The molecular formula is C32H38N2O3S. The second-order valence-corrected chi connectivity index (χ2v) is 12.2. The summed E-state index contributed by atoms with van der Waals surface area (Å²) in [5, 5.41) is 1.06. The van der Waals surface area contributed by atoms with Gasteiger partial charge in [0, 0.05) is 17.6 Å². The van der Waals surface area contributed by atoms with Crippen LogP contribution >= 0.6 is 0 Å². The Morgan fingerprint density at radius 2 is 1.79 bits per heavy atom. The molecule has 1 aromatic heterocycles. The van der Waals surface area contributed by atoms with Crippen molar-refractivity contribution < 1.29 is 13.2 Å². The minimum Gasteiger partial charge on any atom is -0.496 e. The average molecular weight is 531 g/mol. The van der Waals surface area contributed by atoms with E-state index in [2.05, 4.69) is 30.0 Å². The third-order valence-corrected chi connectivity index (χ3v) is 9.62. The van der Waals surface area contributed by atoms with E-state index < -0.39 is 10.0 Å².